The Kier molecular flexibility index (Phi) is 2.98. The molecule has 1 aliphatic rings. The van der Waals surface area contributed by atoms with E-state index in [0.29, 0.717) is 5.41 Å². The lowest BCUT2D eigenvalue weighted by atomic mass is 9.89. The highest BCUT2D eigenvalue weighted by Crippen LogP contribution is 2.38. The highest BCUT2D eigenvalue weighted by Gasteiger charge is 2.28. The molecule has 3 nitrogen and oxygen atoms in total. The molecule has 0 saturated heterocycles. The van der Waals surface area contributed by atoms with Crippen molar-refractivity contribution in [1.82, 2.24) is 9.97 Å². The Morgan fingerprint density at radius 2 is 2.11 bits per heavy atom. The van der Waals surface area contributed by atoms with E-state index in [1.165, 1.54) is 35.9 Å². The number of aryl methyl sites for hydroxylation is 1. The maximum atomic E-state index is 4.40. The van der Waals surface area contributed by atoms with Crippen LogP contribution in [0, 0.1) is 12.3 Å². The fraction of sp³-hybridized carbons (Fsp3) is 0.571. The second-order valence-corrected chi connectivity index (χ2v) is 6.57. The Morgan fingerprint density at radius 1 is 1.33 bits per heavy atom. The number of hydrogen-bond donors (Lipinski definition) is 1. The fourth-order valence-corrected chi connectivity index (χ4v) is 3.77. The van der Waals surface area contributed by atoms with Gasteiger partial charge in [-0.1, -0.05) is 19.8 Å². The van der Waals surface area contributed by atoms with Crippen molar-refractivity contribution < 1.29 is 0 Å². The van der Waals surface area contributed by atoms with Crippen molar-refractivity contribution in [1.29, 1.82) is 0 Å². The summed E-state index contributed by atoms with van der Waals surface area (Å²) < 4.78 is 1.19. The molecular weight excluding hydrogens is 242 g/mol. The lowest BCUT2D eigenvalue weighted by Crippen LogP contribution is -2.23. The monoisotopic (exact) mass is 261 g/mol. The molecule has 96 valence electrons. The Balaban J connectivity index is 1.82. The van der Waals surface area contributed by atoms with Crippen molar-refractivity contribution in [3.05, 3.63) is 17.3 Å². The number of nitrogens with one attached hydrogen (secondary N) is 1. The van der Waals surface area contributed by atoms with Gasteiger partial charge >= 0.3 is 0 Å². The molecule has 1 aliphatic carbocycles. The average molecular weight is 261 g/mol. The summed E-state index contributed by atoms with van der Waals surface area (Å²) in [5, 5.41) is 5.70. The molecular formula is C14H19N3S. The van der Waals surface area contributed by atoms with E-state index in [0.717, 1.165) is 17.9 Å². The van der Waals surface area contributed by atoms with Crippen molar-refractivity contribution in [2.75, 3.05) is 11.9 Å². The van der Waals surface area contributed by atoms with Gasteiger partial charge in [-0.2, -0.15) is 0 Å². The van der Waals surface area contributed by atoms with Crippen LogP contribution in [-0.4, -0.2) is 16.5 Å². The molecule has 0 unspecified atom stereocenters. The Hall–Kier alpha value is -1.16. The van der Waals surface area contributed by atoms with Gasteiger partial charge in [-0.05, 0) is 36.1 Å². The van der Waals surface area contributed by atoms with Gasteiger partial charge < -0.3 is 5.32 Å². The molecule has 4 heteroatoms. The van der Waals surface area contributed by atoms with Crippen molar-refractivity contribution in [2.45, 2.75) is 39.5 Å². The zero-order valence-corrected chi connectivity index (χ0v) is 11.8. The SMILES string of the molecule is Cc1csc2c(NCC3(C)CCCC3)ncnc12. The van der Waals surface area contributed by atoms with Crippen LogP contribution in [0.25, 0.3) is 10.2 Å². The van der Waals surface area contributed by atoms with Crippen LogP contribution in [0.4, 0.5) is 5.82 Å². The quantitative estimate of drug-likeness (QED) is 0.907. The summed E-state index contributed by atoms with van der Waals surface area (Å²) in [6, 6.07) is 0. The molecule has 0 aliphatic heterocycles. The molecule has 1 saturated carbocycles. The molecule has 0 bridgehead atoms. The van der Waals surface area contributed by atoms with E-state index in [1.54, 1.807) is 17.7 Å². The zero-order chi connectivity index (χ0) is 12.6. The Labute approximate surface area is 112 Å². The fourth-order valence-electron chi connectivity index (χ4n) is 2.80. The lowest BCUT2D eigenvalue weighted by Gasteiger charge is -2.24. The van der Waals surface area contributed by atoms with E-state index < -0.39 is 0 Å². The molecule has 0 atom stereocenters. The van der Waals surface area contributed by atoms with Crippen molar-refractivity contribution in [2.24, 2.45) is 5.41 Å². The summed E-state index contributed by atoms with van der Waals surface area (Å²) in [4.78, 5) is 8.76. The number of aromatic nitrogens is 2. The van der Waals surface area contributed by atoms with Crippen molar-refractivity contribution >= 4 is 27.4 Å². The normalized spacial score (nSPS) is 18.3. The summed E-state index contributed by atoms with van der Waals surface area (Å²) in [7, 11) is 0. The second kappa shape index (κ2) is 4.50. The Bertz CT molecular complexity index is 555. The van der Waals surface area contributed by atoms with Crippen LogP contribution >= 0.6 is 11.3 Å². The highest BCUT2D eigenvalue weighted by molar-refractivity contribution is 7.18. The molecule has 1 N–H and O–H groups in total. The number of rotatable bonds is 3. The van der Waals surface area contributed by atoms with E-state index in [4.69, 9.17) is 0 Å². The minimum absolute atomic E-state index is 0.448. The van der Waals surface area contributed by atoms with Crippen molar-refractivity contribution in [3.63, 3.8) is 0 Å². The second-order valence-electron chi connectivity index (χ2n) is 5.69. The molecule has 3 rings (SSSR count). The van der Waals surface area contributed by atoms with Gasteiger partial charge in [0.15, 0.2) is 0 Å². The summed E-state index contributed by atoms with van der Waals surface area (Å²) in [5.74, 6) is 1.01. The zero-order valence-electron chi connectivity index (χ0n) is 11.0. The summed E-state index contributed by atoms with van der Waals surface area (Å²) in [6.07, 6.45) is 7.07. The third kappa shape index (κ3) is 2.09. The van der Waals surface area contributed by atoms with Crippen LogP contribution in [0.15, 0.2) is 11.7 Å². The number of hydrogen-bond acceptors (Lipinski definition) is 4. The highest BCUT2D eigenvalue weighted by atomic mass is 32.1. The molecule has 0 radical (unpaired) electrons. The molecule has 0 amide bonds. The first kappa shape index (κ1) is 11.9. The van der Waals surface area contributed by atoms with Gasteiger partial charge in [0, 0.05) is 6.54 Å². The van der Waals surface area contributed by atoms with Crippen LogP contribution in [0.5, 0.6) is 0 Å². The van der Waals surface area contributed by atoms with Gasteiger partial charge in [0.25, 0.3) is 0 Å². The van der Waals surface area contributed by atoms with E-state index in [-0.39, 0.29) is 0 Å². The van der Waals surface area contributed by atoms with Gasteiger partial charge in [-0.3, -0.25) is 0 Å². The topological polar surface area (TPSA) is 37.8 Å². The molecule has 0 spiro atoms. The summed E-state index contributed by atoms with van der Waals surface area (Å²) in [5.41, 5.74) is 2.78. The van der Waals surface area contributed by atoms with Gasteiger partial charge in [-0.25, -0.2) is 9.97 Å². The van der Waals surface area contributed by atoms with E-state index in [1.807, 2.05) is 0 Å². The summed E-state index contributed by atoms with van der Waals surface area (Å²) >= 11 is 1.73. The number of fused-ring (bicyclic) bond motifs is 1. The molecule has 2 aromatic rings. The predicted octanol–water partition coefficient (Wildman–Crippen LogP) is 3.99. The smallest absolute Gasteiger partial charge is 0.147 e. The maximum absolute atomic E-state index is 4.40. The van der Waals surface area contributed by atoms with E-state index in [2.05, 4.69) is 34.5 Å². The van der Waals surface area contributed by atoms with Gasteiger partial charge in [0.05, 0.1) is 10.2 Å². The third-order valence-corrected chi connectivity index (χ3v) is 5.12. The Morgan fingerprint density at radius 3 is 2.89 bits per heavy atom. The third-order valence-electron chi connectivity index (χ3n) is 4.02. The van der Waals surface area contributed by atoms with Crippen LogP contribution in [0.2, 0.25) is 0 Å². The molecule has 2 heterocycles. The van der Waals surface area contributed by atoms with Crippen LogP contribution < -0.4 is 5.32 Å². The van der Waals surface area contributed by atoms with Crippen LogP contribution in [0.3, 0.4) is 0 Å². The molecule has 18 heavy (non-hydrogen) atoms. The van der Waals surface area contributed by atoms with Gasteiger partial charge in [0.2, 0.25) is 0 Å². The molecule has 0 aromatic carbocycles. The van der Waals surface area contributed by atoms with Gasteiger partial charge in [-0.15, -0.1) is 11.3 Å². The van der Waals surface area contributed by atoms with Crippen LogP contribution in [0.1, 0.15) is 38.2 Å². The number of thiophene rings is 1. The number of nitrogens with zero attached hydrogens (tertiary/aromatic N) is 2. The first-order chi connectivity index (χ1) is 8.68. The predicted molar refractivity (Wildman–Crippen MR) is 77.2 cm³/mol. The standard InChI is InChI=1S/C14H19N3S/c1-10-7-18-12-11(10)16-9-17-13(12)15-8-14(2)5-3-4-6-14/h7,9H,3-6,8H2,1-2H3,(H,15,16,17). The van der Waals surface area contributed by atoms with Crippen molar-refractivity contribution in [3.8, 4) is 0 Å². The largest absolute Gasteiger partial charge is 0.368 e. The molecule has 2 aromatic heterocycles. The first-order valence-corrected chi connectivity index (χ1v) is 7.49. The van der Waals surface area contributed by atoms with E-state index in [9.17, 15) is 0 Å². The first-order valence-electron chi connectivity index (χ1n) is 6.61. The minimum atomic E-state index is 0.448. The maximum Gasteiger partial charge on any atom is 0.147 e. The minimum Gasteiger partial charge on any atom is -0.368 e. The van der Waals surface area contributed by atoms with Gasteiger partial charge in [0.1, 0.15) is 12.1 Å². The summed E-state index contributed by atoms with van der Waals surface area (Å²) in [6.45, 7) is 5.51. The average Bonchev–Trinajstić information content (AvgIpc) is 2.96. The van der Waals surface area contributed by atoms with E-state index >= 15 is 0 Å². The molecule has 1 fully saturated rings. The lowest BCUT2D eigenvalue weighted by molar-refractivity contribution is 0.362. The number of anilines is 1. The van der Waals surface area contributed by atoms with Crippen LogP contribution in [-0.2, 0) is 0 Å².